The average molecular weight is 332 g/mol. The number of benzene rings is 1. The minimum atomic E-state index is -0.807. The summed E-state index contributed by atoms with van der Waals surface area (Å²) in [7, 11) is 0. The van der Waals surface area contributed by atoms with E-state index in [0.717, 1.165) is 18.7 Å². The molecular formula is C19H28N2O3. The number of carboxylic acids is 1. The summed E-state index contributed by atoms with van der Waals surface area (Å²) in [5.41, 5.74) is 0.969. The molecule has 0 aromatic heterocycles. The SMILES string of the molecule is CCN(CC)C(C(=O)N1CC(C)CC(C(=O)O)C1)c1ccccc1. The summed E-state index contributed by atoms with van der Waals surface area (Å²) in [6.07, 6.45) is 0.639. The van der Waals surface area contributed by atoms with Gasteiger partial charge >= 0.3 is 5.97 Å². The summed E-state index contributed by atoms with van der Waals surface area (Å²) < 4.78 is 0. The Bertz CT molecular complexity index is 557. The molecule has 1 aliphatic heterocycles. The molecule has 0 saturated carbocycles. The molecule has 0 radical (unpaired) electrons. The summed E-state index contributed by atoms with van der Waals surface area (Å²) in [5, 5.41) is 9.36. The molecule has 1 aromatic carbocycles. The van der Waals surface area contributed by atoms with Gasteiger partial charge in [-0.05, 0) is 31.0 Å². The Kier molecular flexibility index (Phi) is 6.37. The van der Waals surface area contributed by atoms with Crippen LogP contribution in [0.1, 0.15) is 38.8 Å². The first kappa shape index (κ1) is 18.5. The summed E-state index contributed by atoms with van der Waals surface area (Å²) in [4.78, 5) is 28.6. The summed E-state index contributed by atoms with van der Waals surface area (Å²) >= 11 is 0. The third-order valence-corrected chi connectivity index (χ3v) is 4.85. The third-order valence-electron chi connectivity index (χ3n) is 4.85. The van der Waals surface area contributed by atoms with Gasteiger partial charge in [0.25, 0.3) is 0 Å². The van der Waals surface area contributed by atoms with Crippen LogP contribution in [-0.2, 0) is 9.59 Å². The van der Waals surface area contributed by atoms with Crippen molar-refractivity contribution in [3.63, 3.8) is 0 Å². The molecule has 5 nitrogen and oxygen atoms in total. The number of rotatable bonds is 6. The zero-order chi connectivity index (χ0) is 17.7. The van der Waals surface area contributed by atoms with Crippen LogP contribution in [0.4, 0.5) is 0 Å². The van der Waals surface area contributed by atoms with E-state index in [1.807, 2.05) is 51.1 Å². The molecule has 0 aliphatic carbocycles. The molecule has 1 fully saturated rings. The number of hydrogen-bond acceptors (Lipinski definition) is 3. The Morgan fingerprint density at radius 2 is 1.83 bits per heavy atom. The zero-order valence-corrected chi connectivity index (χ0v) is 14.8. The molecule has 1 aliphatic rings. The van der Waals surface area contributed by atoms with E-state index in [1.54, 1.807) is 4.90 Å². The predicted molar refractivity (Wildman–Crippen MR) is 93.6 cm³/mol. The Hall–Kier alpha value is -1.88. The Balaban J connectivity index is 2.28. The van der Waals surface area contributed by atoms with Crippen LogP contribution in [0.15, 0.2) is 30.3 Å². The van der Waals surface area contributed by atoms with Crippen LogP contribution in [0.5, 0.6) is 0 Å². The molecular weight excluding hydrogens is 304 g/mol. The van der Waals surface area contributed by atoms with Crippen molar-refractivity contribution in [3.05, 3.63) is 35.9 Å². The lowest BCUT2D eigenvalue weighted by molar-refractivity contribution is -0.148. The molecule has 24 heavy (non-hydrogen) atoms. The quantitative estimate of drug-likeness (QED) is 0.870. The summed E-state index contributed by atoms with van der Waals surface area (Å²) in [6.45, 7) is 8.60. The minimum Gasteiger partial charge on any atom is -0.481 e. The van der Waals surface area contributed by atoms with E-state index in [2.05, 4.69) is 4.90 Å². The molecule has 132 valence electrons. The van der Waals surface area contributed by atoms with E-state index in [-0.39, 0.29) is 17.9 Å². The second kappa shape index (κ2) is 8.29. The standard InChI is InChI=1S/C19H28N2O3/c1-4-20(5-2)17(15-9-7-6-8-10-15)18(22)21-12-14(3)11-16(13-21)19(23)24/h6-10,14,16-17H,4-5,11-13H2,1-3H3,(H,23,24). The van der Waals surface area contributed by atoms with Gasteiger partial charge < -0.3 is 10.0 Å². The number of aliphatic carboxylic acids is 1. The highest BCUT2D eigenvalue weighted by atomic mass is 16.4. The number of carboxylic acid groups (broad SMARTS) is 1. The van der Waals surface area contributed by atoms with Gasteiger partial charge in [0.15, 0.2) is 0 Å². The fourth-order valence-corrected chi connectivity index (χ4v) is 3.62. The van der Waals surface area contributed by atoms with Gasteiger partial charge in [0, 0.05) is 13.1 Å². The van der Waals surface area contributed by atoms with Gasteiger partial charge in [-0.2, -0.15) is 0 Å². The lowest BCUT2D eigenvalue weighted by atomic mass is 9.89. The van der Waals surface area contributed by atoms with Crippen molar-refractivity contribution in [2.24, 2.45) is 11.8 Å². The normalized spacial score (nSPS) is 22.4. The van der Waals surface area contributed by atoms with Crippen molar-refractivity contribution >= 4 is 11.9 Å². The molecule has 5 heteroatoms. The summed E-state index contributed by atoms with van der Waals surface area (Å²) in [6, 6.07) is 9.43. The monoisotopic (exact) mass is 332 g/mol. The van der Waals surface area contributed by atoms with Crippen LogP contribution in [0.3, 0.4) is 0 Å². The van der Waals surface area contributed by atoms with Crippen LogP contribution in [0, 0.1) is 11.8 Å². The van der Waals surface area contributed by atoms with Crippen LogP contribution in [-0.4, -0.2) is 53.0 Å². The second-order valence-electron chi connectivity index (χ2n) is 6.65. The van der Waals surface area contributed by atoms with Crippen molar-refractivity contribution in [2.45, 2.75) is 33.2 Å². The minimum absolute atomic E-state index is 0.0164. The summed E-state index contributed by atoms with van der Waals surface area (Å²) in [5.74, 6) is -1.05. The molecule has 3 unspecified atom stereocenters. The molecule has 2 rings (SSSR count). The highest BCUT2D eigenvalue weighted by molar-refractivity contribution is 5.84. The maximum Gasteiger partial charge on any atom is 0.308 e. The van der Waals surface area contributed by atoms with Gasteiger partial charge in [-0.1, -0.05) is 51.1 Å². The van der Waals surface area contributed by atoms with Gasteiger partial charge in [-0.3, -0.25) is 14.5 Å². The van der Waals surface area contributed by atoms with Crippen molar-refractivity contribution in [1.29, 1.82) is 0 Å². The third kappa shape index (κ3) is 4.15. The maximum atomic E-state index is 13.3. The van der Waals surface area contributed by atoms with Crippen molar-refractivity contribution in [1.82, 2.24) is 9.80 Å². The zero-order valence-electron chi connectivity index (χ0n) is 14.8. The van der Waals surface area contributed by atoms with E-state index in [9.17, 15) is 14.7 Å². The Morgan fingerprint density at radius 3 is 2.38 bits per heavy atom. The second-order valence-corrected chi connectivity index (χ2v) is 6.65. The van der Waals surface area contributed by atoms with Crippen molar-refractivity contribution in [3.8, 4) is 0 Å². The van der Waals surface area contributed by atoms with E-state index in [1.165, 1.54) is 0 Å². The average Bonchev–Trinajstić information content (AvgIpc) is 2.59. The molecule has 0 spiro atoms. The van der Waals surface area contributed by atoms with Gasteiger partial charge in [0.2, 0.25) is 5.91 Å². The number of amides is 1. The van der Waals surface area contributed by atoms with E-state index >= 15 is 0 Å². The topological polar surface area (TPSA) is 60.9 Å². The molecule has 1 aromatic rings. The first-order valence-electron chi connectivity index (χ1n) is 8.78. The smallest absolute Gasteiger partial charge is 0.308 e. The van der Waals surface area contributed by atoms with Gasteiger partial charge in [-0.25, -0.2) is 0 Å². The lowest BCUT2D eigenvalue weighted by Gasteiger charge is -2.39. The number of likely N-dealkylation sites (tertiary alicyclic amines) is 1. The molecule has 1 N–H and O–H groups in total. The van der Waals surface area contributed by atoms with Gasteiger partial charge in [-0.15, -0.1) is 0 Å². The number of carbonyl (C=O) groups is 2. The molecule has 1 saturated heterocycles. The van der Waals surface area contributed by atoms with Crippen LogP contribution < -0.4 is 0 Å². The largest absolute Gasteiger partial charge is 0.481 e. The Labute approximate surface area is 144 Å². The number of likely N-dealkylation sites (N-methyl/N-ethyl adjacent to an activating group) is 1. The Morgan fingerprint density at radius 1 is 1.21 bits per heavy atom. The first-order valence-corrected chi connectivity index (χ1v) is 8.78. The van der Waals surface area contributed by atoms with Crippen molar-refractivity contribution in [2.75, 3.05) is 26.2 Å². The molecule has 1 amide bonds. The fourth-order valence-electron chi connectivity index (χ4n) is 3.62. The van der Waals surface area contributed by atoms with Crippen LogP contribution in [0.2, 0.25) is 0 Å². The van der Waals surface area contributed by atoms with Crippen LogP contribution >= 0.6 is 0 Å². The lowest BCUT2D eigenvalue weighted by Crippen LogP contribution is -2.50. The highest BCUT2D eigenvalue weighted by Crippen LogP contribution is 2.28. The number of carbonyl (C=O) groups excluding carboxylic acids is 1. The fraction of sp³-hybridized carbons (Fsp3) is 0.579. The van der Waals surface area contributed by atoms with Gasteiger partial charge in [0.1, 0.15) is 6.04 Å². The molecule has 3 atom stereocenters. The van der Waals surface area contributed by atoms with Crippen molar-refractivity contribution < 1.29 is 14.7 Å². The maximum absolute atomic E-state index is 13.3. The first-order chi connectivity index (χ1) is 11.5. The number of nitrogens with zero attached hydrogens (tertiary/aromatic N) is 2. The van der Waals surface area contributed by atoms with E-state index in [4.69, 9.17) is 0 Å². The molecule has 0 bridgehead atoms. The van der Waals surface area contributed by atoms with Crippen LogP contribution in [0.25, 0.3) is 0 Å². The van der Waals surface area contributed by atoms with E-state index in [0.29, 0.717) is 19.5 Å². The number of hydrogen-bond donors (Lipinski definition) is 1. The predicted octanol–water partition coefficient (Wildman–Crippen LogP) is 2.64. The number of piperidine rings is 1. The molecule has 1 heterocycles. The highest BCUT2D eigenvalue weighted by Gasteiger charge is 2.36. The van der Waals surface area contributed by atoms with Gasteiger partial charge in [0.05, 0.1) is 5.92 Å². The van der Waals surface area contributed by atoms with E-state index < -0.39 is 11.9 Å².